The molecule has 0 radical (unpaired) electrons. The summed E-state index contributed by atoms with van der Waals surface area (Å²) in [7, 11) is 0. The van der Waals surface area contributed by atoms with Crippen LogP contribution in [0.5, 0.6) is 5.75 Å². The number of aryl methyl sites for hydroxylation is 1. The number of hydrogen-bond donors (Lipinski definition) is 0. The maximum Gasteiger partial charge on any atom is 0.200 e. The lowest BCUT2D eigenvalue weighted by molar-refractivity contribution is 0.281. The highest BCUT2D eigenvalue weighted by Crippen LogP contribution is 2.26. The van der Waals surface area contributed by atoms with Gasteiger partial charge < -0.3 is 4.74 Å². The van der Waals surface area contributed by atoms with E-state index in [-0.39, 0.29) is 12.4 Å². The van der Waals surface area contributed by atoms with Crippen molar-refractivity contribution >= 4 is 27.3 Å². The number of halogens is 3. The van der Waals surface area contributed by atoms with Crippen LogP contribution in [0.25, 0.3) is 0 Å². The molecule has 0 unspecified atom stereocenters. The molecule has 1 aromatic heterocycles. The predicted molar refractivity (Wildman–Crippen MR) is 65.2 cm³/mol. The van der Waals surface area contributed by atoms with E-state index in [1.165, 1.54) is 17.4 Å². The van der Waals surface area contributed by atoms with E-state index in [0.29, 0.717) is 10.2 Å². The summed E-state index contributed by atoms with van der Waals surface area (Å²) in [6, 6.07) is 2.44. The summed E-state index contributed by atoms with van der Waals surface area (Å²) >= 11 is 4.56. The molecule has 1 heterocycles. The zero-order valence-corrected chi connectivity index (χ0v) is 11.2. The summed E-state index contributed by atoms with van der Waals surface area (Å²) in [6.45, 7) is 1.99. The molecule has 0 aliphatic carbocycles. The van der Waals surface area contributed by atoms with Gasteiger partial charge in [0, 0.05) is 9.85 Å². The van der Waals surface area contributed by atoms with E-state index in [2.05, 4.69) is 20.9 Å². The van der Waals surface area contributed by atoms with Crippen LogP contribution >= 0.6 is 27.3 Å². The minimum atomic E-state index is -0.986. The number of aromatic nitrogens is 1. The Hall–Kier alpha value is -1.01. The Labute approximate surface area is 109 Å². The van der Waals surface area contributed by atoms with Crippen molar-refractivity contribution in [2.24, 2.45) is 0 Å². The van der Waals surface area contributed by atoms with Gasteiger partial charge in [0.15, 0.2) is 11.6 Å². The summed E-state index contributed by atoms with van der Waals surface area (Å²) in [5.41, 5.74) is 0.701. The lowest BCUT2D eigenvalue weighted by atomic mass is 10.3. The average Bonchev–Trinajstić information content (AvgIpc) is 2.67. The van der Waals surface area contributed by atoms with E-state index in [1.54, 1.807) is 0 Å². The highest BCUT2D eigenvalue weighted by atomic mass is 79.9. The predicted octanol–water partition coefficient (Wildman–Crippen LogP) is 4.07. The molecule has 2 aromatic rings. The van der Waals surface area contributed by atoms with Crippen LogP contribution in [-0.4, -0.2) is 4.98 Å². The number of nitrogens with zero attached hydrogens (tertiary/aromatic N) is 1. The van der Waals surface area contributed by atoms with Crippen molar-refractivity contribution in [1.82, 2.24) is 4.98 Å². The maximum atomic E-state index is 13.4. The zero-order chi connectivity index (χ0) is 12.4. The molecule has 0 aliphatic rings. The first-order valence-electron chi connectivity index (χ1n) is 4.74. The summed E-state index contributed by atoms with van der Waals surface area (Å²) in [5.74, 6) is -2.05. The number of thiazole rings is 1. The van der Waals surface area contributed by atoms with Crippen molar-refractivity contribution in [1.29, 1.82) is 0 Å². The Morgan fingerprint density at radius 2 is 2.18 bits per heavy atom. The first kappa shape index (κ1) is 12.4. The van der Waals surface area contributed by atoms with Crippen LogP contribution in [0.1, 0.15) is 10.7 Å². The molecule has 0 saturated heterocycles. The van der Waals surface area contributed by atoms with E-state index in [1.807, 2.05) is 12.3 Å². The number of rotatable bonds is 3. The third-order valence-electron chi connectivity index (χ3n) is 2.00. The van der Waals surface area contributed by atoms with Gasteiger partial charge in [0.25, 0.3) is 0 Å². The van der Waals surface area contributed by atoms with Gasteiger partial charge in [-0.25, -0.2) is 9.37 Å². The highest BCUT2D eigenvalue weighted by Gasteiger charge is 2.11. The Morgan fingerprint density at radius 3 is 2.82 bits per heavy atom. The second kappa shape index (κ2) is 5.10. The molecule has 2 nitrogen and oxygen atoms in total. The molecule has 0 N–H and O–H groups in total. The number of benzene rings is 1. The van der Waals surface area contributed by atoms with Gasteiger partial charge in [0.05, 0.1) is 10.7 Å². The van der Waals surface area contributed by atoms with Crippen molar-refractivity contribution < 1.29 is 13.5 Å². The smallest absolute Gasteiger partial charge is 0.200 e. The van der Waals surface area contributed by atoms with Gasteiger partial charge in [-0.3, -0.25) is 0 Å². The molecule has 0 amide bonds. The van der Waals surface area contributed by atoms with Crippen LogP contribution in [0.4, 0.5) is 8.78 Å². The first-order chi connectivity index (χ1) is 8.06. The van der Waals surface area contributed by atoms with Crippen molar-refractivity contribution in [3.05, 3.63) is 44.3 Å². The van der Waals surface area contributed by atoms with Crippen LogP contribution in [0, 0.1) is 18.6 Å². The van der Waals surface area contributed by atoms with Crippen LogP contribution in [0.2, 0.25) is 0 Å². The van der Waals surface area contributed by atoms with Crippen LogP contribution in [-0.2, 0) is 6.61 Å². The minimum absolute atomic E-state index is 0.122. The second-order valence-corrected chi connectivity index (χ2v) is 5.32. The molecule has 6 heteroatoms. The molecule has 90 valence electrons. The van der Waals surface area contributed by atoms with Gasteiger partial charge in [-0.05, 0) is 19.1 Å². The molecular weight excluding hydrogens is 312 g/mol. The Kier molecular flexibility index (Phi) is 3.73. The fourth-order valence-corrected chi connectivity index (χ4v) is 2.27. The van der Waals surface area contributed by atoms with Gasteiger partial charge >= 0.3 is 0 Å². The van der Waals surface area contributed by atoms with Gasteiger partial charge in [-0.1, -0.05) is 15.9 Å². The summed E-state index contributed by atoms with van der Waals surface area (Å²) in [6.07, 6.45) is 0. The van der Waals surface area contributed by atoms with E-state index < -0.39 is 11.6 Å². The normalized spacial score (nSPS) is 10.6. The van der Waals surface area contributed by atoms with Crippen LogP contribution < -0.4 is 4.74 Å². The Bertz CT molecular complexity index is 544. The quantitative estimate of drug-likeness (QED) is 0.795. The summed E-state index contributed by atoms with van der Waals surface area (Å²) < 4.78 is 32.1. The molecular formula is C11H8BrF2NOS. The fraction of sp³-hybridized carbons (Fsp3) is 0.182. The molecule has 1 aromatic carbocycles. The van der Waals surface area contributed by atoms with Crippen molar-refractivity contribution in [3.8, 4) is 5.75 Å². The third-order valence-corrected chi connectivity index (χ3v) is 3.28. The SMILES string of the molecule is Cc1nc(COc2cc(Br)cc(F)c2F)cs1. The second-order valence-electron chi connectivity index (χ2n) is 3.35. The molecule has 0 aliphatic heterocycles. The third kappa shape index (κ3) is 3.01. The fourth-order valence-electron chi connectivity index (χ4n) is 1.26. The van der Waals surface area contributed by atoms with Gasteiger partial charge in [-0.15, -0.1) is 11.3 Å². The lowest BCUT2D eigenvalue weighted by Gasteiger charge is -2.06. The van der Waals surface area contributed by atoms with E-state index in [4.69, 9.17) is 4.74 Å². The molecule has 17 heavy (non-hydrogen) atoms. The minimum Gasteiger partial charge on any atom is -0.484 e. The highest BCUT2D eigenvalue weighted by molar-refractivity contribution is 9.10. The monoisotopic (exact) mass is 319 g/mol. The zero-order valence-electron chi connectivity index (χ0n) is 8.84. The van der Waals surface area contributed by atoms with Crippen LogP contribution in [0.15, 0.2) is 22.0 Å². The topological polar surface area (TPSA) is 22.1 Å². The Balaban J connectivity index is 2.14. The van der Waals surface area contributed by atoms with Gasteiger partial charge in [0.2, 0.25) is 5.82 Å². The largest absolute Gasteiger partial charge is 0.484 e. The summed E-state index contributed by atoms with van der Waals surface area (Å²) in [5, 5.41) is 2.73. The molecule has 0 bridgehead atoms. The molecule has 0 atom stereocenters. The molecule has 0 spiro atoms. The van der Waals surface area contributed by atoms with Crippen molar-refractivity contribution in [2.75, 3.05) is 0 Å². The maximum absolute atomic E-state index is 13.4. The molecule has 0 saturated carbocycles. The van der Waals surface area contributed by atoms with Gasteiger partial charge in [-0.2, -0.15) is 4.39 Å². The standard InChI is InChI=1S/C11H8BrF2NOS/c1-6-15-8(5-17-6)4-16-10-3-7(12)2-9(13)11(10)14/h2-3,5H,4H2,1H3. The average molecular weight is 320 g/mol. The van der Waals surface area contributed by atoms with Crippen LogP contribution in [0.3, 0.4) is 0 Å². The van der Waals surface area contributed by atoms with Crippen molar-refractivity contribution in [2.45, 2.75) is 13.5 Å². The molecule has 2 rings (SSSR count). The summed E-state index contributed by atoms with van der Waals surface area (Å²) in [4.78, 5) is 4.17. The number of hydrogen-bond acceptors (Lipinski definition) is 3. The lowest BCUT2D eigenvalue weighted by Crippen LogP contribution is -1.99. The van der Waals surface area contributed by atoms with E-state index in [9.17, 15) is 8.78 Å². The van der Waals surface area contributed by atoms with E-state index in [0.717, 1.165) is 11.1 Å². The van der Waals surface area contributed by atoms with Crippen molar-refractivity contribution in [3.63, 3.8) is 0 Å². The Morgan fingerprint density at radius 1 is 1.41 bits per heavy atom. The molecule has 0 fully saturated rings. The number of ether oxygens (including phenoxy) is 1. The van der Waals surface area contributed by atoms with E-state index >= 15 is 0 Å². The first-order valence-corrected chi connectivity index (χ1v) is 6.42. The van der Waals surface area contributed by atoms with Gasteiger partial charge in [0.1, 0.15) is 6.61 Å².